The monoisotopic (exact) mass is 426 g/mol. The standard InChI is InChI=1S/C24H30N2O5/c1-6-16(3)21(26-23(28)18-10-8-7-9-11-18)24(29)31-17(4)22(27)25-19-14-15(2)12-13-20(19)30-5/h7-14,16-17,21H,6H2,1-5H3,(H,25,27)(H,26,28)/t16-,17-,21-/m0/s1. The first-order valence-electron chi connectivity index (χ1n) is 10.3. The van der Waals surface area contributed by atoms with Crippen LogP contribution in [0.25, 0.3) is 0 Å². The van der Waals surface area contributed by atoms with Crippen LogP contribution in [0, 0.1) is 12.8 Å². The van der Waals surface area contributed by atoms with Gasteiger partial charge in [-0.05, 0) is 49.6 Å². The molecule has 0 fully saturated rings. The van der Waals surface area contributed by atoms with Crippen molar-refractivity contribution in [2.24, 2.45) is 5.92 Å². The molecule has 166 valence electrons. The number of esters is 1. The summed E-state index contributed by atoms with van der Waals surface area (Å²) >= 11 is 0. The van der Waals surface area contributed by atoms with E-state index in [1.807, 2.05) is 26.8 Å². The molecule has 2 aromatic rings. The van der Waals surface area contributed by atoms with Crippen molar-refractivity contribution in [3.63, 3.8) is 0 Å². The summed E-state index contributed by atoms with van der Waals surface area (Å²) in [5, 5.41) is 5.47. The van der Waals surface area contributed by atoms with Gasteiger partial charge in [-0.1, -0.05) is 44.5 Å². The fraction of sp³-hybridized carbons (Fsp3) is 0.375. The number of hydrogen-bond acceptors (Lipinski definition) is 5. The quantitative estimate of drug-likeness (QED) is 0.596. The molecule has 3 atom stereocenters. The van der Waals surface area contributed by atoms with Gasteiger partial charge in [-0.15, -0.1) is 0 Å². The van der Waals surface area contributed by atoms with Gasteiger partial charge in [0.15, 0.2) is 6.10 Å². The number of nitrogens with one attached hydrogen (secondary N) is 2. The minimum Gasteiger partial charge on any atom is -0.495 e. The summed E-state index contributed by atoms with van der Waals surface area (Å²) < 4.78 is 10.7. The van der Waals surface area contributed by atoms with Gasteiger partial charge in [-0.2, -0.15) is 0 Å². The molecule has 7 heteroatoms. The van der Waals surface area contributed by atoms with Crippen LogP contribution in [-0.4, -0.2) is 37.0 Å². The van der Waals surface area contributed by atoms with Gasteiger partial charge in [-0.3, -0.25) is 9.59 Å². The van der Waals surface area contributed by atoms with Gasteiger partial charge >= 0.3 is 5.97 Å². The van der Waals surface area contributed by atoms with Crippen molar-refractivity contribution >= 4 is 23.5 Å². The highest BCUT2D eigenvalue weighted by atomic mass is 16.5. The van der Waals surface area contributed by atoms with E-state index in [0.717, 1.165) is 5.56 Å². The Morgan fingerprint density at radius 2 is 1.71 bits per heavy atom. The molecule has 0 radical (unpaired) electrons. The third-order valence-electron chi connectivity index (χ3n) is 5.06. The van der Waals surface area contributed by atoms with Crippen molar-refractivity contribution in [1.82, 2.24) is 5.32 Å². The second-order valence-corrected chi connectivity index (χ2v) is 7.47. The zero-order valence-electron chi connectivity index (χ0n) is 18.6. The maximum absolute atomic E-state index is 12.8. The van der Waals surface area contributed by atoms with Gasteiger partial charge in [0.1, 0.15) is 11.8 Å². The van der Waals surface area contributed by atoms with Gasteiger partial charge in [0.25, 0.3) is 11.8 Å². The Bertz CT molecular complexity index is 913. The first-order valence-corrected chi connectivity index (χ1v) is 10.3. The maximum Gasteiger partial charge on any atom is 0.329 e. The van der Waals surface area contributed by atoms with Crippen LogP contribution < -0.4 is 15.4 Å². The molecule has 2 rings (SSSR count). The molecular weight excluding hydrogens is 396 g/mol. The molecule has 0 aromatic heterocycles. The average Bonchev–Trinajstić information content (AvgIpc) is 2.77. The van der Waals surface area contributed by atoms with E-state index >= 15 is 0 Å². The number of aryl methyl sites for hydroxylation is 1. The van der Waals surface area contributed by atoms with Crippen molar-refractivity contribution in [3.05, 3.63) is 59.7 Å². The molecule has 0 heterocycles. The lowest BCUT2D eigenvalue weighted by atomic mass is 9.98. The van der Waals surface area contributed by atoms with Crippen molar-refractivity contribution in [2.75, 3.05) is 12.4 Å². The molecule has 7 nitrogen and oxygen atoms in total. The minimum atomic E-state index is -1.06. The Balaban J connectivity index is 2.07. The number of methoxy groups -OCH3 is 1. The summed E-state index contributed by atoms with van der Waals surface area (Å²) in [5.74, 6) is -1.19. The van der Waals surface area contributed by atoms with Crippen LogP contribution in [0.5, 0.6) is 5.75 Å². The fourth-order valence-corrected chi connectivity index (χ4v) is 2.94. The number of rotatable bonds is 9. The van der Waals surface area contributed by atoms with Crippen LogP contribution in [-0.2, 0) is 14.3 Å². The van der Waals surface area contributed by atoms with Crippen molar-refractivity contribution in [3.8, 4) is 5.75 Å². The topological polar surface area (TPSA) is 93.7 Å². The molecule has 2 aromatic carbocycles. The zero-order chi connectivity index (χ0) is 23.0. The fourth-order valence-electron chi connectivity index (χ4n) is 2.94. The van der Waals surface area contributed by atoms with E-state index in [-0.39, 0.29) is 11.8 Å². The molecule has 0 saturated carbocycles. The smallest absolute Gasteiger partial charge is 0.329 e. The number of benzene rings is 2. The van der Waals surface area contributed by atoms with E-state index in [4.69, 9.17) is 9.47 Å². The summed E-state index contributed by atoms with van der Waals surface area (Å²) in [5.41, 5.74) is 1.88. The molecule has 0 bridgehead atoms. The first kappa shape index (κ1) is 23.9. The Hall–Kier alpha value is -3.35. The van der Waals surface area contributed by atoms with Crippen LogP contribution in [0.2, 0.25) is 0 Å². The molecule has 0 unspecified atom stereocenters. The molecule has 0 spiro atoms. The van der Waals surface area contributed by atoms with Crippen LogP contribution in [0.4, 0.5) is 5.69 Å². The first-order chi connectivity index (χ1) is 14.8. The van der Waals surface area contributed by atoms with Crippen molar-refractivity contribution in [2.45, 2.75) is 46.3 Å². The minimum absolute atomic E-state index is 0.174. The lowest BCUT2D eigenvalue weighted by Gasteiger charge is -2.24. The van der Waals surface area contributed by atoms with Gasteiger partial charge < -0.3 is 20.1 Å². The predicted molar refractivity (Wildman–Crippen MR) is 119 cm³/mol. The second kappa shape index (κ2) is 11.2. The van der Waals surface area contributed by atoms with Crippen LogP contribution in [0.15, 0.2) is 48.5 Å². The lowest BCUT2D eigenvalue weighted by Crippen LogP contribution is -2.47. The molecule has 0 aliphatic rings. The van der Waals surface area contributed by atoms with Crippen LogP contribution in [0.1, 0.15) is 43.1 Å². The van der Waals surface area contributed by atoms with E-state index in [0.29, 0.717) is 23.4 Å². The third kappa shape index (κ3) is 6.57. The van der Waals surface area contributed by atoms with E-state index in [1.165, 1.54) is 14.0 Å². The Labute approximate surface area is 183 Å². The second-order valence-electron chi connectivity index (χ2n) is 7.47. The number of anilines is 1. The van der Waals surface area contributed by atoms with Gasteiger partial charge in [0.05, 0.1) is 12.8 Å². The van der Waals surface area contributed by atoms with Crippen LogP contribution in [0.3, 0.4) is 0 Å². The van der Waals surface area contributed by atoms with E-state index in [9.17, 15) is 14.4 Å². The molecular formula is C24H30N2O5. The number of hydrogen-bond donors (Lipinski definition) is 2. The Kier molecular flexibility index (Phi) is 8.61. The highest BCUT2D eigenvalue weighted by molar-refractivity contribution is 5.98. The summed E-state index contributed by atoms with van der Waals surface area (Å²) in [6.45, 7) is 7.15. The summed E-state index contributed by atoms with van der Waals surface area (Å²) in [4.78, 5) is 37.9. The SMILES string of the molecule is CC[C@H](C)[C@H](NC(=O)c1ccccc1)C(=O)O[C@@H](C)C(=O)Nc1cc(C)ccc1OC. The van der Waals surface area contributed by atoms with Gasteiger partial charge in [-0.25, -0.2) is 4.79 Å². The number of amides is 2. The average molecular weight is 427 g/mol. The number of ether oxygens (including phenoxy) is 2. The highest BCUT2D eigenvalue weighted by Gasteiger charge is 2.30. The van der Waals surface area contributed by atoms with E-state index in [2.05, 4.69) is 10.6 Å². The molecule has 2 N–H and O–H groups in total. The third-order valence-corrected chi connectivity index (χ3v) is 5.06. The Morgan fingerprint density at radius 3 is 2.32 bits per heavy atom. The predicted octanol–water partition coefficient (Wildman–Crippen LogP) is 3.72. The zero-order valence-corrected chi connectivity index (χ0v) is 18.6. The van der Waals surface area contributed by atoms with Crippen LogP contribution >= 0.6 is 0 Å². The normalized spacial score (nSPS) is 13.5. The van der Waals surface area contributed by atoms with Crippen molar-refractivity contribution in [1.29, 1.82) is 0 Å². The number of carbonyl (C=O) groups is 3. The highest BCUT2D eigenvalue weighted by Crippen LogP contribution is 2.25. The largest absolute Gasteiger partial charge is 0.495 e. The van der Waals surface area contributed by atoms with E-state index in [1.54, 1.807) is 42.5 Å². The summed E-state index contributed by atoms with van der Waals surface area (Å²) in [7, 11) is 1.51. The summed E-state index contributed by atoms with van der Waals surface area (Å²) in [6.07, 6.45) is -0.409. The maximum atomic E-state index is 12.8. The van der Waals surface area contributed by atoms with Crippen molar-refractivity contribution < 1.29 is 23.9 Å². The summed E-state index contributed by atoms with van der Waals surface area (Å²) in [6, 6.07) is 13.1. The lowest BCUT2D eigenvalue weighted by molar-refractivity contribution is -0.156. The molecule has 0 aliphatic carbocycles. The molecule has 2 amide bonds. The number of carbonyl (C=O) groups excluding carboxylic acids is 3. The van der Waals surface area contributed by atoms with E-state index < -0.39 is 24.0 Å². The Morgan fingerprint density at radius 1 is 1.03 bits per heavy atom. The van der Waals surface area contributed by atoms with Gasteiger partial charge in [0, 0.05) is 5.56 Å². The molecule has 31 heavy (non-hydrogen) atoms. The molecule has 0 aliphatic heterocycles. The molecule has 0 saturated heterocycles. The van der Waals surface area contributed by atoms with Gasteiger partial charge in [0.2, 0.25) is 0 Å².